The lowest BCUT2D eigenvalue weighted by molar-refractivity contribution is 0.103. The predicted molar refractivity (Wildman–Crippen MR) is 94.7 cm³/mol. The van der Waals surface area contributed by atoms with E-state index in [-0.39, 0.29) is 5.78 Å². The molecule has 116 valence electrons. The summed E-state index contributed by atoms with van der Waals surface area (Å²) in [7, 11) is 1.58. The van der Waals surface area contributed by atoms with Crippen LogP contribution in [0.5, 0.6) is 5.75 Å². The van der Waals surface area contributed by atoms with Gasteiger partial charge in [-0.15, -0.1) is 0 Å². The first-order valence-electron chi connectivity index (χ1n) is 6.76. The van der Waals surface area contributed by atoms with Crippen LogP contribution in [0.2, 0.25) is 0 Å². The summed E-state index contributed by atoms with van der Waals surface area (Å²) in [5, 5.41) is 0. The molecule has 0 N–H and O–H groups in total. The van der Waals surface area contributed by atoms with Crippen LogP contribution in [0.25, 0.3) is 6.08 Å². The zero-order valence-electron chi connectivity index (χ0n) is 12.6. The summed E-state index contributed by atoms with van der Waals surface area (Å²) in [6.07, 6.45) is 2.28. The third-order valence-electron chi connectivity index (χ3n) is 3.45. The van der Waals surface area contributed by atoms with Gasteiger partial charge in [-0.05, 0) is 57.0 Å². The average Bonchev–Trinajstić information content (AvgIpc) is 2.82. The summed E-state index contributed by atoms with van der Waals surface area (Å²) in [6, 6.07) is 3.51. The Bertz CT molecular complexity index is 722. The molecule has 1 aromatic heterocycles. The maximum Gasteiger partial charge on any atom is 0.196 e. The van der Waals surface area contributed by atoms with Gasteiger partial charge in [-0.2, -0.15) is 0 Å². The lowest BCUT2D eigenvalue weighted by atomic mass is 9.98. The van der Waals surface area contributed by atoms with Crippen molar-refractivity contribution in [3.8, 4) is 5.75 Å². The highest BCUT2D eigenvalue weighted by atomic mass is 79.9. The second-order valence-corrected chi connectivity index (χ2v) is 6.46. The van der Waals surface area contributed by atoms with Gasteiger partial charge in [-0.25, -0.2) is 0 Å². The third kappa shape index (κ3) is 2.92. The van der Waals surface area contributed by atoms with Crippen molar-refractivity contribution in [2.75, 3.05) is 7.11 Å². The molecule has 0 unspecified atom stereocenters. The molecular formula is C17H16Br2O3. The summed E-state index contributed by atoms with van der Waals surface area (Å²) < 4.78 is 12.4. The maximum absolute atomic E-state index is 12.9. The highest BCUT2D eigenvalue weighted by Gasteiger charge is 2.23. The molecule has 22 heavy (non-hydrogen) atoms. The molecule has 5 heteroatoms. The van der Waals surface area contributed by atoms with Crippen molar-refractivity contribution < 1.29 is 13.9 Å². The summed E-state index contributed by atoms with van der Waals surface area (Å²) in [5.74, 6) is 1.91. The zero-order chi connectivity index (χ0) is 16.4. The Labute approximate surface area is 146 Å². The van der Waals surface area contributed by atoms with E-state index < -0.39 is 0 Å². The minimum absolute atomic E-state index is 0.0738. The van der Waals surface area contributed by atoms with Crippen molar-refractivity contribution in [2.24, 2.45) is 0 Å². The van der Waals surface area contributed by atoms with Crippen LogP contribution in [0.4, 0.5) is 0 Å². The molecule has 0 amide bonds. The minimum atomic E-state index is -0.0738. The van der Waals surface area contributed by atoms with Crippen LogP contribution in [-0.2, 0) is 6.42 Å². The third-order valence-corrected chi connectivity index (χ3v) is 4.63. The number of aryl methyl sites for hydroxylation is 1. The topological polar surface area (TPSA) is 39.4 Å². The van der Waals surface area contributed by atoms with Crippen LogP contribution in [0.3, 0.4) is 0 Å². The number of carbonyl (C=O) groups is 1. The molecular weight excluding hydrogens is 412 g/mol. The molecule has 2 aromatic rings. The van der Waals surface area contributed by atoms with Crippen LogP contribution < -0.4 is 4.74 Å². The Morgan fingerprint density at radius 3 is 2.41 bits per heavy atom. The van der Waals surface area contributed by atoms with Gasteiger partial charge in [0.15, 0.2) is 5.78 Å². The van der Waals surface area contributed by atoms with Gasteiger partial charge in [0.2, 0.25) is 0 Å². The number of ketones is 1. The maximum atomic E-state index is 12.9. The first-order chi connectivity index (χ1) is 10.4. The Balaban J connectivity index is 2.58. The van der Waals surface area contributed by atoms with Gasteiger partial charge in [-0.1, -0.05) is 13.5 Å². The first-order valence-corrected chi connectivity index (χ1v) is 8.35. The molecule has 0 aliphatic rings. The molecule has 0 saturated heterocycles. The molecule has 0 radical (unpaired) electrons. The SMILES string of the molecule is C=Cc1oc(CC)c(C(=O)c2cc(Br)c(OC)c(Br)c2)c1C. The van der Waals surface area contributed by atoms with Crippen molar-refractivity contribution >= 4 is 43.7 Å². The Morgan fingerprint density at radius 1 is 1.36 bits per heavy atom. The van der Waals surface area contributed by atoms with Gasteiger partial charge in [0.1, 0.15) is 17.3 Å². The first kappa shape index (κ1) is 17.0. The molecule has 0 bridgehead atoms. The number of hydrogen-bond donors (Lipinski definition) is 0. The standard InChI is InChI=1S/C17H16Br2O3/c1-5-13-9(3)15(14(6-2)22-13)16(20)10-7-11(18)17(21-4)12(19)8-10/h5,7-8H,1,6H2,2-4H3. The van der Waals surface area contributed by atoms with Crippen LogP contribution in [0, 0.1) is 6.92 Å². The molecule has 2 rings (SSSR count). The van der Waals surface area contributed by atoms with Gasteiger partial charge in [0, 0.05) is 17.5 Å². The Morgan fingerprint density at radius 2 is 1.95 bits per heavy atom. The van der Waals surface area contributed by atoms with Gasteiger partial charge in [-0.3, -0.25) is 4.79 Å². The number of carbonyl (C=O) groups excluding carboxylic acids is 1. The molecule has 3 nitrogen and oxygen atoms in total. The smallest absolute Gasteiger partial charge is 0.196 e. The van der Waals surface area contributed by atoms with Gasteiger partial charge in [0.05, 0.1) is 21.6 Å². The van der Waals surface area contributed by atoms with E-state index in [1.165, 1.54) is 0 Å². The van der Waals surface area contributed by atoms with E-state index in [9.17, 15) is 4.79 Å². The van der Waals surface area contributed by atoms with E-state index in [4.69, 9.17) is 9.15 Å². The minimum Gasteiger partial charge on any atom is -0.494 e. The number of methoxy groups -OCH3 is 1. The quantitative estimate of drug-likeness (QED) is 0.586. The fraction of sp³-hybridized carbons (Fsp3) is 0.235. The van der Waals surface area contributed by atoms with E-state index in [1.807, 2.05) is 13.8 Å². The number of rotatable bonds is 5. The number of ether oxygens (including phenoxy) is 1. The van der Waals surface area contributed by atoms with E-state index >= 15 is 0 Å². The zero-order valence-corrected chi connectivity index (χ0v) is 15.8. The highest BCUT2D eigenvalue weighted by molar-refractivity contribution is 9.11. The molecule has 0 fully saturated rings. The van der Waals surface area contributed by atoms with E-state index in [0.717, 1.165) is 14.5 Å². The Kier molecular flexibility index (Phi) is 5.29. The van der Waals surface area contributed by atoms with Crippen molar-refractivity contribution in [1.29, 1.82) is 0 Å². The molecule has 0 aliphatic carbocycles. The normalized spacial score (nSPS) is 10.6. The number of hydrogen-bond acceptors (Lipinski definition) is 3. The van der Waals surface area contributed by atoms with Crippen molar-refractivity contribution in [1.82, 2.24) is 0 Å². The van der Waals surface area contributed by atoms with Crippen molar-refractivity contribution in [3.05, 3.63) is 55.9 Å². The predicted octanol–water partition coefficient (Wildman–Crippen LogP) is 5.56. The lowest BCUT2D eigenvalue weighted by Gasteiger charge is -2.09. The summed E-state index contributed by atoms with van der Waals surface area (Å²) in [4.78, 5) is 12.9. The fourth-order valence-electron chi connectivity index (χ4n) is 2.36. The number of furan rings is 1. The lowest BCUT2D eigenvalue weighted by Crippen LogP contribution is -2.05. The van der Waals surface area contributed by atoms with Gasteiger partial charge >= 0.3 is 0 Å². The molecule has 1 heterocycles. The molecule has 0 atom stereocenters. The summed E-state index contributed by atoms with van der Waals surface area (Å²) in [5.41, 5.74) is 2.00. The molecule has 0 aliphatic heterocycles. The number of halogens is 2. The van der Waals surface area contributed by atoms with Gasteiger partial charge < -0.3 is 9.15 Å². The van der Waals surface area contributed by atoms with Crippen LogP contribution in [0.15, 0.2) is 32.1 Å². The van der Waals surface area contributed by atoms with Crippen LogP contribution in [-0.4, -0.2) is 12.9 Å². The highest BCUT2D eigenvalue weighted by Crippen LogP contribution is 2.36. The molecule has 0 saturated carbocycles. The van der Waals surface area contributed by atoms with Crippen LogP contribution in [0.1, 0.15) is 39.9 Å². The second kappa shape index (κ2) is 6.84. The van der Waals surface area contributed by atoms with E-state index in [2.05, 4.69) is 38.4 Å². The molecule has 1 aromatic carbocycles. The monoisotopic (exact) mass is 426 g/mol. The number of benzene rings is 1. The van der Waals surface area contributed by atoms with Crippen LogP contribution >= 0.6 is 31.9 Å². The molecule has 0 spiro atoms. The van der Waals surface area contributed by atoms with Crippen molar-refractivity contribution in [3.63, 3.8) is 0 Å². The summed E-state index contributed by atoms with van der Waals surface area (Å²) in [6.45, 7) is 7.56. The second-order valence-electron chi connectivity index (χ2n) is 4.75. The van der Waals surface area contributed by atoms with Gasteiger partial charge in [0.25, 0.3) is 0 Å². The van der Waals surface area contributed by atoms with Crippen molar-refractivity contribution in [2.45, 2.75) is 20.3 Å². The van der Waals surface area contributed by atoms with E-state index in [0.29, 0.717) is 34.8 Å². The Hall–Kier alpha value is -1.33. The van der Waals surface area contributed by atoms with E-state index in [1.54, 1.807) is 25.3 Å². The fourth-order valence-corrected chi connectivity index (χ4v) is 3.87. The summed E-state index contributed by atoms with van der Waals surface area (Å²) >= 11 is 6.85. The average molecular weight is 428 g/mol. The largest absolute Gasteiger partial charge is 0.494 e.